The van der Waals surface area contributed by atoms with E-state index in [4.69, 9.17) is 16.3 Å². The van der Waals surface area contributed by atoms with Gasteiger partial charge in [-0.3, -0.25) is 0 Å². The van der Waals surface area contributed by atoms with Crippen molar-refractivity contribution in [2.75, 3.05) is 7.11 Å². The molecule has 4 nitrogen and oxygen atoms in total. The minimum absolute atomic E-state index is 0.206. The molecule has 0 aliphatic heterocycles. The van der Waals surface area contributed by atoms with Crippen LogP contribution in [-0.2, 0) is 0 Å². The highest BCUT2D eigenvalue weighted by Gasteiger charge is 2.20. The Kier molecular flexibility index (Phi) is 3.70. The highest BCUT2D eigenvalue weighted by Crippen LogP contribution is 2.33. The second kappa shape index (κ2) is 5.53. The summed E-state index contributed by atoms with van der Waals surface area (Å²) in [5, 5.41) is 4.28. The van der Waals surface area contributed by atoms with E-state index in [0.717, 1.165) is 4.52 Å². The summed E-state index contributed by atoms with van der Waals surface area (Å²) in [7, 11) is 1.52. The van der Waals surface area contributed by atoms with E-state index < -0.39 is 6.43 Å². The van der Waals surface area contributed by atoms with E-state index in [1.54, 1.807) is 31.2 Å². The molecule has 0 unspecified atom stereocenters. The fraction of sp³-hybridized carbons (Fsp3) is 0.200. The van der Waals surface area contributed by atoms with Gasteiger partial charge < -0.3 is 4.74 Å². The van der Waals surface area contributed by atoms with Gasteiger partial charge in [-0.05, 0) is 25.1 Å². The van der Waals surface area contributed by atoms with Crippen LogP contribution in [0.15, 0.2) is 30.3 Å². The zero-order valence-corrected chi connectivity index (χ0v) is 12.6. The van der Waals surface area contributed by atoms with Gasteiger partial charge >= 0.3 is 0 Å². The molecule has 0 amide bonds. The maximum Gasteiger partial charge on any atom is 0.280 e. The molecule has 0 aliphatic carbocycles. The van der Waals surface area contributed by atoms with Crippen molar-refractivity contribution in [1.29, 1.82) is 0 Å². The predicted octanol–water partition coefficient (Wildman–Crippen LogP) is 4.30. The van der Waals surface area contributed by atoms with E-state index in [1.165, 1.54) is 13.2 Å². The number of benzene rings is 1. The molecule has 0 saturated heterocycles. The Bertz CT molecular complexity index is 848. The number of aromatic nitrogens is 3. The van der Waals surface area contributed by atoms with E-state index >= 15 is 0 Å². The molecule has 0 spiro atoms. The van der Waals surface area contributed by atoms with Crippen LogP contribution in [0.5, 0.6) is 5.75 Å². The molecule has 114 valence electrons. The average Bonchev–Trinajstić information content (AvgIpc) is 2.81. The molecule has 0 atom stereocenters. The zero-order chi connectivity index (χ0) is 15.9. The Labute approximate surface area is 130 Å². The first-order valence-electron chi connectivity index (χ1n) is 6.50. The third-order valence-electron chi connectivity index (χ3n) is 3.33. The number of hydrogen-bond donors (Lipinski definition) is 0. The van der Waals surface area contributed by atoms with Crippen LogP contribution in [0, 0.1) is 6.92 Å². The van der Waals surface area contributed by atoms with Gasteiger partial charge in [-0.1, -0.05) is 23.7 Å². The lowest BCUT2D eigenvalue weighted by atomic mass is 10.1. The Morgan fingerprint density at radius 1 is 1.27 bits per heavy atom. The number of ether oxygens (including phenoxy) is 1. The topological polar surface area (TPSA) is 39.4 Å². The molecule has 2 aromatic heterocycles. The van der Waals surface area contributed by atoms with Crippen molar-refractivity contribution in [3.8, 4) is 17.0 Å². The van der Waals surface area contributed by atoms with Crippen LogP contribution in [-0.4, -0.2) is 21.7 Å². The van der Waals surface area contributed by atoms with Crippen LogP contribution >= 0.6 is 11.6 Å². The highest BCUT2D eigenvalue weighted by molar-refractivity contribution is 6.34. The van der Waals surface area contributed by atoms with E-state index in [2.05, 4.69) is 10.1 Å². The van der Waals surface area contributed by atoms with Crippen LogP contribution in [0.25, 0.3) is 16.9 Å². The lowest BCUT2D eigenvalue weighted by Crippen LogP contribution is -2.03. The monoisotopic (exact) mass is 323 g/mol. The summed E-state index contributed by atoms with van der Waals surface area (Å²) in [5.41, 5.74) is 1.37. The number of alkyl halides is 2. The van der Waals surface area contributed by atoms with Crippen LogP contribution in [0.1, 0.15) is 17.8 Å². The van der Waals surface area contributed by atoms with Crippen molar-refractivity contribution in [3.63, 3.8) is 0 Å². The van der Waals surface area contributed by atoms with Crippen molar-refractivity contribution in [3.05, 3.63) is 46.7 Å². The van der Waals surface area contributed by atoms with Crippen LogP contribution < -0.4 is 4.74 Å². The van der Waals surface area contributed by atoms with E-state index in [9.17, 15) is 8.78 Å². The molecule has 3 aromatic rings. The number of nitrogens with zero attached hydrogens (tertiary/aromatic N) is 3. The molecule has 0 bridgehead atoms. The molecule has 0 fully saturated rings. The maximum atomic E-state index is 13.4. The molecule has 1 aromatic carbocycles. The van der Waals surface area contributed by atoms with Gasteiger partial charge in [0.05, 0.1) is 18.5 Å². The number of para-hydroxylation sites is 1. The zero-order valence-electron chi connectivity index (χ0n) is 11.8. The van der Waals surface area contributed by atoms with Gasteiger partial charge in [0.15, 0.2) is 5.65 Å². The number of fused-ring (bicyclic) bond motifs is 1. The molecular weight excluding hydrogens is 312 g/mol. The second-order valence-corrected chi connectivity index (χ2v) is 5.08. The van der Waals surface area contributed by atoms with Gasteiger partial charge in [-0.2, -0.15) is 5.10 Å². The van der Waals surface area contributed by atoms with Crippen molar-refractivity contribution in [1.82, 2.24) is 14.6 Å². The number of aryl methyl sites for hydroxylation is 1. The summed E-state index contributed by atoms with van der Waals surface area (Å²) >= 11 is 6.13. The number of halogens is 3. The third-order valence-corrected chi connectivity index (χ3v) is 3.77. The van der Waals surface area contributed by atoms with Gasteiger partial charge in [0, 0.05) is 5.56 Å². The van der Waals surface area contributed by atoms with Gasteiger partial charge in [0.2, 0.25) is 0 Å². The molecule has 22 heavy (non-hydrogen) atoms. The molecule has 2 heterocycles. The van der Waals surface area contributed by atoms with Crippen molar-refractivity contribution in [2.24, 2.45) is 0 Å². The molecule has 0 saturated carbocycles. The molecule has 7 heteroatoms. The van der Waals surface area contributed by atoms with Crippen molar-refractivity contribution < 1.29 is 13.5 Å². The summed E-state index contributed by atoms with van der Waals surface area (Å²) < 4.78 is 33.1. The molecule has 0 radical (unpaired) electrons. The normalized spacial score (nSPS) is 11.4. The SMILES string of the molecule is COc1ccccc1-c1cc(C(F)F)n2nc(C)c(Cl)c2n1. The Morgan fingerprint density at radius 3 is 2.68 bits per heavy atom. The first-order chi connectivity index (χ1) is 10.5. The van der Waals surface area contributed by atoms with Crippen LogP contribution in [0.4, 0.5) is 8.78 Å². The summed E-state index contributed by atoms with van der Waals surface area (Å²) in [4.78, 5) is 4.37. The standard InChI is InChI=1S/C15H12ClF2N3O/c1-8-13(16)15-19-10(7-11(14(17)18)21(15)20-8)9-5-3-4-6-12(9)22-2/h3-7,14H,1-2H3. The van der Waals surface area contributed by atoms with E-state index in [-0.39, 0.29) is 16.4 Å². The van der Waals surface area contributed by atoms with Gasteiger partial charge in [-0.25, -0.2) is 18.3 Å². The first-order valence-corrected chi connectivity index (χ1v) is 6.88. The molecular formula is C15H12ClF2N3O. The van der Waals surface area contributed by atoms with Crippen LogP contribution in [0.3, 0.4) is 0 Å². The van der Waals surface area contributed by atoms with E-state index in [1.807, 2.05) is 0 Å². The average molecular weight is 324 g/mol. The number of methoxy groups -OCH3 is 1. The summed E-state index contributed by atoms with van der Waals surface area (Å²) in [6, 6.07) is 8.38. The van der Waals surface area contributed by atoms with Gasteiger partial charge in [0.25, 0.3) is 6.43 Å². The summed E-state index contributed by atoms with van der Waals surface area (Å²) in [6.07, 6.45) is -2.70. The lowest BCUT2D eigenvalue weighted by molar-refractivity contribution is 0.143. The Hall–Kier alpha value is -2.21. The number of hydrogen-bond acceptors (Lipinski definition) is 3. The van der Waals surface area contributed by atoms with Crippen molar-refractivity contribution in [2.45, 2.75) is 13.3 Å². The van der Waals surface area contributed by atoms with Gasteiger partial charge in [0.1, 0.15) is 16.5 Å². The summed E-state index contributed by atoms with van der Waals surface area (Å²) in [5.74, 6) is 0.548. The highest BCUT2D eigenvalue weighted by atomic mass is 35.5. The van der Waals surface area contributed by atoms with Crippen LogP contribution in [0.2, 0.25) is 5.02 Å². The summed E-state index contributed by atoms with van der Waals surface area (Å²) in [6.45, 7) is 1.65. The maximum absolute atomic E-state index is 13.4. The fourth-order valence-corrected chi connectivity index (χ4v) is 2.43. The molecule has 0 aliphatic rings. The smallest absolute Gasteiger partial charge is 0.280 e. The first kappa shape index (κ1) is 14.7. The Morgan fingerprint density at radius 2 is 2.00 bits per heavy atom. The Balaban J connectivity index is 2.33. The predicted molar refractivity (Wildman–Crippen MR) is 79.7 cm³/mol. The third kappa shape index (κ3) is 2.29. The van der Waals surface area contributed by atoms with E-state index in [0.29, 0.717) is 22.7 Å². The largest absolute Gasteiger partial charge is 0.496 e. The molecule has 3 rings (SSSR count). The fourth-order valence-electron chi connectivity index (χ4n) is 2.27. The molecule has 0 N–H and O–H groups in total. The second-order valence-electron chi connectivity index (χ2n) is 4.70. The lowest BCUT2D eigenvalue weighted by Gasteiger charge is -2.10. The minimum atomic E-state index is -2.70. The quantitative estimate of drug-likeness (QED) is 0.721. The number of rotatable bonds is 3. The van der Waals surface area contributed by atoms with Gasteiger partial charge in [-0.15, -0.1) is 0 Å². The minimum Gasteiger partial charge on any atom is -0.496 e. The van der Waals surface area contributed by atoms with Crippen molar-refractivity contribution >= 4 is 17.2 Å².